The normalized spacial score (nSPS) is 36.7. The minimum Gasteiger partial charge on any atom is -0.375 e. The molecule has 0 radical (unpaired) electrons. The van der Waals surface area contributed by atoms with E-state index in [9.17, 15) is 0 Å². The van der Waals surface area contributed by atoms with Gasteiger partial charge in [0.05, 0.1) is 5.60 Å². The molecular weight excluding hydrogens is 230 g/mol. The van der Waals surface area contributed by atoms with Crippen LogP contribution < -0.4 is 5.73 Å². The van der Waals surface area contributed by atoms with Crippen LogP contribution in [0.15, 0.2) is 0 Å². The van der Waals surface area contributed by atoms with Crippen molar-refractivity contribution in [3.8, 4) is 0 Å². The van der Waals surface area contributed by atoms with Gasteiger partial charge in [-0.25, -0.2) is 0 Å². The van der Waals surface area contributed by atoms with Crippen molar-refractivity contribution in [3.05, 3.63) is 0 Å². The highest BCUT2D eigenvalue weighted by Gasteiger charge is 2.49. The van der Waals surface area contributed by atoms with Gasteiger partial charge in [-0.15, -0.1) is 0 Å². The van der Waals surface area contributed by atoms with Gasteiger partial charge in [-0.1, -0.05) is 6.92 Å². The van der Waals surface area contributed by atoms with Crippen LogP contribution >= 0.6 is 11.8 Å². The molecule has 3 heteroatoms. The summed E-state index contributed by atoms with van der Waals surface area (Å²) in [5.41, 5.74) is 7.19. The SMILES string of the molecule is CC1(C(N)C2CCOC3(CCSCC3)C2)CC1. The van der Waals surface area contributed by atoms with Gasteiger partial charge in [0, 0.05) is 12.6 Å². The zero-order valence-corrected chi connectivity index (χ0v) is 11.7. The Morgan fingerprint density at radius 2 is 1.94 bits per heavy atom. The first-order valence-electron chi connectivity index (χ1n) is 7.11. The molecule has 3 rings (SSSR count). The zero-order valence-electron chi connectivity index (χ0n) is 10.9. The predicted octanol–water partition coefficient (Wildman–Crippen LogP) is 2.81. The number of hydrogen-bond donors (Lipinski definition) is 1. The maximum Gasteiger partial charge on any atom is 0.0701 e. The molecule has 1 spiro atoms. The lowest BCUT2D eigenvalue weighted by atomic mass is 9.75. The zero-order chi connectivity index (χ0) is 11.9. The van der Waals surface area contributed by atoms with Crippen LogP contribution in [0.2, 0.25) is 0 Å². The van der Waals surface area contributed by atoms with E-state index in [0.717, 1.165) is 6.61 Å². The predicted molar refractivity (Wildman–Crippen MR) is 73.3 cm³/mol. The number of ether oxygens (including phenoxy) is 1. The van der Waals surface area contributed by atoms with Gasteiger partial charge in [0.25, 0.3) is 0 Å². The van der Waals surface area contributed by atoms with E-state index in [1.807, 2.05) is 0 Å². The first kappa shape index (κ1) is 12.3. The van der Waals surface area contributed by atoms with E-state index in [0.29, 0.717) is 17.4 Å². The Bertz CT molecular complexity index is 278. The highest BCUT2D eigenvalue weighted by atomic mass is 32.2. The molecule has 2 unspecified atom stereocenters. The molecule has 3 fully saturated rings. The molecule has 0 bridgehead atoms. The monoisotopic (exact) mass is 255 g/mol. The van der Waals surface area contributed by atoms with E-state index in [1.165, 1.54) is 50.0 Å². The Morgan fingerprint density at radius 3 is 2.59 bits per heavy atom. The quantitative estimate of drug-likeness (QED) is 0.824. The van der Waals surface area contributed by atoms with Gasteiger partial charge in [0.15, 0.2) is 0 Å². The van der Waals surface area contributed by atoms with Crippen molar-refractivity contribution in [3.63, 3.8) is 0 Å². The van der Waals surface area contributed by atoms with Crippen molar-refractivity contribution in [1.29, 1.82) is 0 Å². The van der Waals surface area contributed by atoms with Crippen LogP contribution in [0.3, 0.4) is 0 Å². The van der Waals surface area contributed by atoms with Crippen LogP contribution in [-0.4, -0.2) is 29.8 Å². The largest absolute Gasteiger partial charge is 0.375 e. The van der Waals surface area contributed by atoms with Crippen LogP contribution in [0, 0.1) is 11.3 Å². The first-order valence-corrected chi connectivity index (χ1v) is 8.26. The van der Waals surface area contributed by atoms with Crippen molar-refractivity contribution >= 4 is 11.8 Å². The van der Waals surface area contributed by atoms with Crippen molar-refractivity contribution in [1.82, 2.24) is 0 Å². The summed E-state index contributed by atoms with van der Waals surface area (Å²) >= 11 is 2.08. The summed E-state index contributed by atoms with van der Waals surface area (Å²) in [6.45, 7) is 3.32. The lowest BCUT2D eigenvalue weighted by Crippen LogP contribution is -2.49. The topological polar surface area (TPSA) is 35.2 Å². The molecule has 0 aromatic rings. The smallest absolute Gasteiger partial charge is 0.0701 e. The summed E-state index contributed by atoms with van der Waals surface area (Å²) in [4.78, 5) is 0. The highest BCUT2D eigenvalue weighted by Crippen LogP contribution is 2.52. The Morgan fingerprint density at radius 1 is 1.24 bits per heavy atom. The second-order valence-electron chi connectivity index (χ2n) is 6.58. The van der Waals surface area contributed by atoms with E-state index in [1.54, 1.807) is 0 Å². The molecule has 0 aromatic heterocycles. The molecule has 98 valence electrons. The molecule has 2 nitrogen and oxygen atoms in total. The lowest BCUT2D eigenvalue weighted by molar-refractivity contribution is -0.108. The summed E-state index contributed by atoms with van der Waals surface area (Å²) in [6, 6.07) is 0.415. The van der Waals surface area contributed by atoms with Crippen molar-refractivity contribution < 1.29 is 4.74 Å². The average molecular weight is 255 g/mol. The molecule has 1 aliphatic carbocycles. The van der Waals surface area contributed by atoms with E-state index in [2.05, 4.69) is 18.7 Å². The van der Waals surface area contributed by atoms with Crippen molar-refractivity contribution in [2.24, 2.45) is 17.1 Å². The summed E-state index contributed by atoms with van der Waals surface area (Å²) in [5.74, 6) is 3.26. The Labute approximate surface area is 109 Å². The third kappa shape index (κ3) is 2.39. The second kappa shape index (κ2) is 4.43. The van der Waals surface area contributed by atoms with Crippen molar-refractivity contribution in [2.45, 2.75) is 57.1 Å². The fourth-order valence-electron chi connectivity index (χ4n) is 3.56. The molecule has 2 aliphatic heterocycles. The van der Waals surface area contributed by atoms with Crippen molar-refractivity contribution in [2.75, 3.05) is 18.1 Å². The van der Waals surface area contributed by atoms with Gasteiger partial charge in [-0.05, 0) is 61.4 Å². The average Bonchev–Trinajstić information content (AvgIpc) is 3.09. The van der Waals surface area contributed by atoms with Gasteiger partial charge in [-0.2, -0.15) is 11.8 Å². The Balaban J connectivity index is 1.66. The van der Waals surface area contributed by atoms with E-state index >= 15 is 0 Å². The molecule has 2 N–H and O–H groups in total. The molecule has 2 atom stereocenters. The van der Waals surface area contributed by atoms with Gasteiger partial charge in [0.2, 0.25) is 0 Å². The summed E-state index contributed by atoms with van der Waals surface area (Å²) in [7, 11) is 0. The van der Waals surface area contributed by atoms with Crippen LogP contribution in [0.5, 0.6) is 0 Å². The second-order valence-corrected chi connectivity index (χ2v) is 7.80. The standard InChI is InChI=1S/C14H25NOS/c1-13(3-4-13)12(15)11-2-7-16-14(10-11)5-8-17-9-6-14/h11-12H,2-10,15H2,1H3. The van der Waals surface area contributed by atoms with Crippen LogP contribution in [0.25, 0.3) is 0 Å². The third-order valence-electron chi connectivity index (χ3n) is 5.29. The van der Waals surface area contributed by atoms with Crippen LogP contribution in [-0.2, 0) is 4.74 Å². The molecular formula is C14H25NOS. The molecule has 2 saturated heterocycles. The van der Waals surface area contributed by atoms with E-state index < -0.39 is 0 Å². The van der Waals surface area contributed by atoms with E-state index in [4.69, 9.17) is 10.5 Å². The van der Waals surface area contributed by atoms with Crippen LogP contribution in [0.4, 0.5) is 0 Å². The molecule has 2 heterocycles. The van der Waals surface area contributed by atoms with E-state index in [-0.39, 0.29) is 5.60 Å². The minimum atomic E-state index is 0.205. The Kier molecular flexibility index (Phi) is 3.21. The number of rotatable bonds is 2. The maximum absolute atomic E-state index is 6.52. The maximum atomic E-state index is 6.52. The lowest BCUT2D eigenvalue weighted by Gasteiger charge is -2.45. The molecule has 17 heavy (non-hydrogen) atoms. The summed E-state index contributed by atoms with van der Waals surface area (Å²) < 4.78 is 6.15. The fraction of sp³-hybridized carbons (Fsp3) is 1.00. The summed E-state index contributed by atoms with van der Waals surface area (Å²) in [5, 5.41) is 0. The molecule has 0 aromatic carbocycles. The molecule has 0 amide bonds. The minimum absolute atomic E-state index is 0.205. The molecule has 1 saturated carbocycles. The summed E-state index contributed by atoms with van der Waals surface area (Å²) in [6.07, 6.45) is 7.59. The van der Waals surface area contributed by atoms with Crippen LogP contribution in [0.1, 0.15) is 45.4 Å². The molecule has 3 aliphatic rings. The number of thioether (sulfide) groups is 1. The van der Waals surface area contributed by atoms with Gasteiger partial charge in [0.1, 0.15) is 0 Å². The third-order valence-corrected chi connectivity index (χ3v) is 6.27. The Hall–Kier alpha value is 0.270. The number of hydrogen-bond acceptors (Lipinski definition) is 3. The fourth-order valence-corrected chi connectivity index (χ4v) is 4.80. The first-order chi connectivity index (χ1) is 8.14. The van der Waals surface area contributed by atoms with Gasteiger partial charge >= 0.3 is 0 Å². The number of nitrogens with two attached hydrogens (primary N) is 1. The highest BCUT2D eigenvalue weighted by molar-refractivity contribution is 7.99. The van der Waals surface area contributed by atoms with Gasteiger partial charge < -0.3 is 10.5 Å². The van der Waals surface area contributed by atoms with Gasteiger partial charge in [-0.3, -0.25) is 0 Å².